The summed E-state index contributed by atoms with van der Waals surface area (Å²) in [5.41, 5.74) is 14.2. The molecule has 3 aromatic rings. The fourth-order valence-electron chi connectivity index (χ4n) is 5.06. The molecule has 0 radical (unpaired) electrons. The fourth-order valence-corrected chi connectivity index (χ4v) is 5.06. The number of halogens is 2. The van der Waals surface area contributed by atoms with Crippen molar-refractivity contribution in [2.24, 2.45) is 0 Å². The summed E-state index contributed by atoms with van der Waals surface area (Å²) in [6.45, 7) is 3.34. The monoisotopic (exact) mass is 430 g/mol. The average molecular weight is 430 g/mol. The summed E-state index contributed by atoms with van der Waals surface area (Å²) in [5, 5.41) is 3.32. The Morgan fingerprint density at radius 3 is 2.34 bits per heavy atom. The number of nitrogen functional groups attached to an aromatic ring is 1. The molecule has 3 heterocycles. The molecule has 2 aliphatic rings. The molecule has 0 spiro atoms. The molecule has 7 heteroatoms. The Morgan fingerprint density at radius 2 is 1.66 bits per heavy atom. The third-order valence-electron chi connectivity index (χ3n) is 6.35. The summed E-state index contributed by atoms with van der Waals surface area (Å²) >= 11 is 0. The minimum atomic E-state index is -3.96. The SMILES string of the molecule is CC1=CC(C)=[N+]2C1=C(c1ccc(Nc3ccccc3N)cc1)c1c(C)cc(C)n1[B-]2(F)F. The highest BCUT2D eigenvalue weighted by atomic mass is 19.2. The molecule has 162 valence electrons. The molecule has 4 nitrogen and oxygen atoms in total. The quantitative estimate of drug-likeness (QED) is 0.404. The zero-order valence-corrected chi connectivity index (χ0v) is 18.6. The van der Waals surface area contributed by atoms with Crippen molar-refractivity contribution in [2.75, 3.05) is 11.1 Å². The van der Waals surface area contributed by atoms with Gasteiger partial charge < -0.3 is 28.6 Å². The molecular weight excluding hydrogens is 405 g/mol. The van der Waals surface area contributed by atoms with Crippen molar-refractivity contribution in [2.45, 2.75) is 27.7 Å². The number of hydrogen-bond donors (Lipinski definition) is 2. The van der Waals surface area contributed by atoms with Crippen LogP contribution in [-0.2, 0) is 0 Å². The standard InChI is InChI=1S/C25H25BF2N4/c1-15-13-17(3)31-24(15)23(25-16(2)14-18(4)32(25)26(31,27)28)19-9-11-20(12-10-19)30-22-8-6-5-7-21(22)29/h5-14,30H,29H2,1-4H3. The number of benzene rings is 2. The van der Waals surface area contributed by atoms with Crippen molar-refractivity contribution in [1.29, 1.82) is 0 Å². The average Bonchev–Trinajstić information content (AvgIpc) is 3.21. The summed E-state index contributed by atoms with van der Waals surface area (Å²) in [5.74, 6) is 0. The topological polar surface area (TPSA) is 46.0 Å². The highest BCUT2D eigenvalue weighted by molar-refractivity contribution is 6.58. The van der Waals surface area contributed by atoms with E-state index in [1.165, 1.54) is 8.96 Å². The van der Waals surface area contributed by atoms with Crippen LogP contribution in [0.5, 0.6) is 0 Å². The van der Waals surface area contributed by atoms with Crippen molar-refractivity contribution < 1.29 is 13.1 Å². The largest absolute Gasteiger partial charge is 0.737 e. The maximum atomic E-state index is 15.7. The lowest BCUT2D eigenvalue weighted by Gasteiger charge is -2.34. The number of para-hydroxylation sites is 2. The van der Waals surface area contributed by atoms with E-state index in [1.807, 2.05) is 74.5 Å². The lowest BCUT2D eigenvalue weighted by Crippen LogP contribution is -2.51. The zero-order valence-electron chi connectivity index (χ0n) is 18.6. The van der Waals surface area contributed by atoms with Gasteiger partial charge in [-0.25, -0.2) is 0 Å². The molecule has 0 amide bonds. The van der Waals surface area contributed by atoms with Crippen molar-refractivity contribution in [3.8, 4) is 0 Å². The van der Waals surface area contributed by atoms with E-state index in [0.717, 1.165) is 33.6 Å². The minimum absolute atomic E-state index is 0.564. The second-order valence-electron chi connectivity index (χ2n) is 8.63. The van der Waals surface area contributed by atoms with E-state index in [9.17, 15) is 0 Å². The lowest BCUT2D eigenvalue weighted by molar-refractivity contribution is -0.363. The number of hydrogen-bond acceptors (Lipinski definition) is 2. The molecule has 0 bridgehead atoms. The van der Waals surface area contributed by atoms with Crippen molar-refractivity contribution in [3.63, 3.8) is 0 Å². The van der Waals surface area contributed by atoms with Gasteiger partial charge in [-0.05, 0) is 67.9 Å². The number of aromatic nitrogens is 1. The zero-order chi connectivity index (χ0) is 22.8. The summed E-state index contributed by atoms with van der Waals surface area (Å²) in [4.78, 5) is 0. The first-order valence-electron chi connectivity index (χ1n) is 10.7. The Labute approximate surface area is 186 Å². The molecule has 0 unspecified atom stereocenters. The van der Waals surface area contributed by atoms with E-state index in [-0.39, 0.29) is 0 Å². The molecular formula is C25H25BF2N4. The van der Waals surface area contributed by atoms with E-state index >= 15 is 8.63 Å². The number of allylic oxidation sites excluding steroid dienone is 2. The van der Waals surface area contributed by atoms with Crippen LogP contribution in [0, 0.1) is 13.8 Å². The van der Waals surface area contributed by atoms with Crippen LogP contribution in [0.3, 0.4) is 0 Å². The number of anilines is 3. The van der Waals surface area contributed by atoms with Gasteiger partial charge in [0.15, 0.2) is 5.70 Å². The second-order valence-corrected chi connectivity index (χ2v) is 8.63. The molecule has 2 aliphatic heterocycles. The first kappa shape index (κ1) is 20.3. The van der Waals surface area contributed by atoms with Gasteiger partial charge in [-0.3, -0.25) is 0 Å². The van der Waals surface area contributed by atoms with Gasteiger partial charge in [0.2, 0.25) is 0 Å². The van der Waals surface area contributed by atoms with Crippen LogP contribution in [0.15, 0.2) is 71.9 Å². The third kappa shape index (κ3) is 2.84. The van der Waals surface area contributed by atoms with Gasteiger partial charge in [-0.1, -0.05) is 24.3 Å². The highest BCUT2D eigenvalue weighted by Gasteiger charge is 2.55. The van der Waals surface area contributed by atoms with E-state index in [0.29, 0.717) is 28.5 Å². The molecule has 0 atom stereocenters. The van der Waals surface area contributed by atoms with Crippen LogP contribution in [0.25, 0.3) is 5.57 Å². The van der Waals surface area contributed by atoms with Crippen LogP contribution in [0.4, 0.5) is 25.7 Å². The fraction of sp³-hybridized carbons (Fsp3) is 0.160. The van der Waals surface area contributed by atoms with Gasteiger partial charge in [0.25, 0.3) is 0 Å². The van der Waals surface area contributed by atoms with E-state index < -0.39 is 6.97 Å². The molecule has 0 saturated heterocycles. The van der Waals surface area contributed by atoms with Gasteiger partial charge in [-0.15, -0.1) is 0 Å². The smallest absolute Gasteiger partial charge is 0.397 e. The summed E-state index contributed by atoms with van der Waals surface area (Å²) in [6.07, 6.45) is 1.84. The second kappa shape index (κ2) is 6.95. The predicted octanol–water partition coefficient (Wildman–Crippen LogP) is 5.86. The normalized spacial score (nSPS) is 16.8. The molecule has 0 saturated carbocycles. The van der Waals surface area contributed by atoms with Crippen LogP contribution in [-0.4, -0.2) is 21.6 Å². The van der Waals surface area contributed by atoms with Gasteiger partial charge in [0.05, 0.1) is 16.9 Å². The minimum Gasteiger partial charge on any atom is -0.397 e. The Kier molecular flexibility index (Phi) is 4.41. The van der Waals surface area contributed by atoms with Crippen LogP contribution >= 0.6 is 0 Å². The van der Waals surface area contributed by atoms with Gasteiger partial charge in [0.1, 0.15) is 5.71 Å². The summed E-state index contributed by atoms with van der Waals surface area (Å²) < 4.78 is 33.9. The maximum absolute atomic E-state index is 15.7. The van der Waals surface area contributed by atoms with E-state index in [4.69, 9.17) is 5.73 Å². The number of nitrogens with two attached hydrogens (primary N) is 1. The van der Waals surface area contributed by atoms with Gasteiger partial charge in [0, 0.05) is 30.0 Å². The number of nitrogens with one attached hydrogen (secondary N) is 1. The lowest BCUT2D eigenvalue weighted by atomic mass is 9.84. The van der Waals surface area contributed by atoms with Crippen molar-refractivity contribution in [1.82, 2.24) is 4.48 Å². The van der Waals surface area contributed by atoms with Crippen LogP contribution < -0.4 is 11.1 Å². The summed E-state index contributed by atoms with van der Waals surface area (Å²) in [6, 6.07) is 17.3. The Morgan fingerprint density at radius 1 is 0.969 bits per heavy atom. The molecule has 0 aliphatic carbocycles. The number of fused-ring (bicyclic) bond motifs is 2. The number of nitrogens with zero attached hydrogens (tertiary/aromatic N) is 2. The molecule has 32 heavy (non-hydrogen) atoms. The first-order valence-corrected chi connectivity index (χ1v) is 10.7. The van der Waals surface area contributed by atoms with Crippen molar-refractivity contribution in [3.05, 3.63) is 94.5 Å². The van der Waals surface area contributed by atoms with Crippen LogP contribution in [0.1, 0.15) is 36.4 Å². The Balaban J connectivity index is 1.67. The Bertz CT molecular complexity index is 1360. The summed E-state index contributed by atoms with van der Waals surface area (Å²) in [7, 11) is 0. The predicted molar refractivity (Wildman–Crippen MR) is 129 cm³/mol. The molecule has 0 fully saturated rings. The molecule has 2 aromatic carbocycles. The highest BCUT2D eigenvalue weighted by Crippen LogP contribution is 2.44. The van der Waals surface area contributed by atoms with E-state index in [2.05, 4.69) is 5.32 Å². The molecule has 3 N–H and O–H groups in total. The first-order chi connectivity index (χ1) is 15.2. The number of aryl methyl sites for hydroxylation is 2. The molecule has 1 aromatic heterocycles. The van der Waals surface area contributed by atoms with Crippen molar-refractivity contribution >= 4 is 35.3 Å². The van der Waals surface area contributed by atoms with Gasteiger partial charge >= 0.3 is 6.97 Å². The third-order valence-corrected chi connectivity index (χ3v) is 6.35. The number of rotatable bonds is 3. The van der Waals surface area contributed by atoms with Gasteiger partial charge in [-0.2, -0.15) is 0 Å². The molecule has 5 rings (SSSR count). The van der Waals surface area contributed by atoms with E-state index in [1.54, 1.807) is 13.8 Å². The van der Waals surface area contributed by atoms with Crippen LogP contribution in [0.2, 0.25) is 0 Å². The maximum Gasteiger partial charge on any atom is 0.737 e. The Hall–Kier alpha value is -3.61.